The lowest BCUT2D eigenvalue weighted by molar-refractivity contribution is 0.157. The van der Waals surface area contributed by atoms with Crippen molar-refractivity contribution in [1.29, 1.82) is 0 Å². The molecule has 0 aromatic carbocycles. The molecule has 0 radical (unpaired) electrons. The van der Waals surface area contributed by atoms with Crippen LogP contribution in [0.1, 0.15) is 77.0 Å². The van der Waals surface area contributed by atoms with E-state index in [0.717, 1.165) is 110 Å². The highest BCUT2D eigenvalue weighted by Crippen LogP contribution is 2.03. The number of nitrogens with two attached hydrogens (primary N) is 3. The van der Waals surface area contributed by atoms with Gasteiger partial charge >= 0.3 is 6.03 Å². The fourth-order valence-electron chi connectivity index (χ4n) is 3.91. The maximum atomic E-state index is 12.5. The Labute approximate surface area is 220 Å². The summed E-state index contributed by atoms with van der Waals surface area (Å²) in [6.07, 6.45) is 12.7. The van der Waals surface area contributed by atoms with Crippen LogP contribution in [0.5, 0.6) is 0 Å². The first-order chi connectivity index (χ1) is 17.7. The quantitative estimate of drug-likeness (QED) is 0.0555. The largest absolute Gasteiger partial charge is 0.338 e. The van der Waals surface area contributed by atoms with E-state index in [2.05, 4.69) is 26.5 Å². The Hall–Kier alpha value is -1.05. The van der Waals surface area contributed by atoms with Crippen molar-refractivity contribution in [2.24, 2.45) is 17.2 Å². The molecule has 0 spiro atoms. The number of hydrogen-bond donors (Lipinski definition) is 8. The summed E-state index contributed by atoms with van der Waals surface area (Å²) in [6.45, 7) is 9.60. The Morgan fingerprint density at radius 2 is 1.17 bits per heavy atom. The molecular weight excluding hydrogens is 458 g/mol. The van der Waals surface area contributed by atoms with E-state index in [4.69, 9.17) is 22.4 Å². The van der Waals surface area contributed by atoms with Crippen LogP contribution in [0.25, 0.3) is 0 Å². The van der Waals surface area contributed by atoms with Crippen LogP contribution < -0.4 is 38.7 Å². The molecule has 11 N–H and O–H groups in total. The van der Waals surface area contributed by atoms with Crippen LogP contribution in [-0.2, 0) is 0 Å². The highest BCUT2D eigenvalue weighted by Gasteiger charge is 2.12. The summed E-state index contributed by atoms with van der Waals surface area (Å²) in [5.74, 6) is 0. The van der Waals surface area contributed by atoms with Crippen molar-refractivity contribution >= 4 is 6.03 Å². The lowest BCUT2D eigenvalue weighted by Gasteiger charge is -2.23. The topological polar surface area (TPSA) is 170 Å². The summed E-state index contributed by atoms with van der Waals surface area (Å²) >= 11 is 0. The number of rotatable bonds is 28. The number of amides is 2. The number of unbranched alkanes of at least 4 members (excludes halogenated alkanes) is 6. The van der Waals surface area contributed by atoms with Crippen molar-refractivity contribution in [3.05, 3.63) is 0 Å². The minimum atomic E-state index is -0.00926. The molecule has 0 saturated carbocycles. The van der Waals surface area contributed by atoms with Gasteiger partial charge in [0.1, 0.15) is 0 Å². The van der Waals surface area contributed by atoms with E-state index >= 15 is 0 Å². The third-order valence-electron chi connectivity index (χ3n) is 6.07. The zero-order valence-corrected chi connectivity index (χ0v) is 23.0. The third kappa shape index (κ3) is 23.4. The van der Waals surface area contributed by atoms with Crippen LogP contribution >= 0.6 is 0 Å². The van der Waals surface area contributed by atoms with Crippen LogP contribution in [0.4, 0.5) is 4.79 Å². The molecule has 11 heteroatoms. The second kappa shape index (κ2) is 28.5. The molecule has 0 aromatic heterocycles. The highest BCUT2D eigenvalue weighted by molar-refractivity contribution is 5.74. The van der Waals surface area contributed by atoms with E-state index in [9.17, 15) is 4.79 Å². The van der Waals surface area contributed by atoms with Gasteiger partial charge in [-0.25, -0.2) is 15.3 Å². The van der Waals surface area contributed by atoms with Crippen LogP contribution in [0.15, 0.2) is 0 Å². The third-order valence-corrected chi connectivity index (χ3v) is 6.07. The SMILES string of the molecule is NCCCCCCN(CCCNO)C(=O)NCCCNCCCCCCNN(CCCN)CCCN. The van der Waals surface area contributed by atoms with Crippen molar-refractivity contribution in [3.8, 4) is 0 Å². The maximum absolute atomic E-state index is 12.5. The zero-order chi connectivity index (χ0) is 26.5. The zero-order valence-electron chi connectivity index (χ0n) is 23.0. The Balaban J connectivity index is 3.74. The maximum Gasteiger partial charge on any atom is 0.317 e. The first kappa shape index (κ1) is 35.0. The molecule has 0 unspecified atom stereocenters. The van der Waals surface area contributed by atoms with Crippen molar-refractivity contribution < 1.29 is 10.0 Å². The van der Waals surface area contributed by atoms with Crippen molar-refractivity contribution in [2.75, 3.05) is 78.5 Å². The second-order valence-electron chi connectivity index (χ2n) is 9.38. The van der Waals surface area contributed by atoms with Gasteiger partial charge < -0.3 is 37.9 Å². The number of hydrogen-bond acceptors (Lipinski definition) is 9. The number of urea groups is 1. The van der Waals surface area contributed by atoms with Gasteiger partial charge in [-0.2, -0.15) is 0 Å². The summed E-state index contributed by atoms with van der Waals surface area (Å²) in [5, 5.41) is 17.6. The predicted octanol–water partition coefficient (Wildman–Crippen LogP) is 0.930. The van der Waals surface area contributed by atoms with Crippen molar-refractivity contribution in [1.82, 2.24) is 31.4 Å². The fourth-order valence-corrected chi connectivity index (χ4v) is 3.91. The lowest BCUT2D eigenvalue weighted by Crippen LogP contribution is -2.42. The molecular formula is C25H59N9O2. The van der Waals surface area contributed by atoms with E-state index in [1.165, 1.54) is 25.7 Å². The molecule has 0 saturated heterocycles. The summed E-state index contributed by atoms with van der Waals surface area (Å²) in [5.41, 5.74) is 22.5. The van der Waals surface area contributed by atoms with Gasteiger partial charge in [0.2, 0.25) is 0 Å². The van der Waals surface area contributed by atoms with Crippen LogP contribution in [0, 0.1) is 0 Å². The normalized spacial score (nSPS) is 11.4. The number of carbonyl (C=O) groups is 1. The van der Waals surface area contributed by atoms with Gasteiger partial charge in [0.15, 0.2) is 0 Å². The van der Waals surface area contributed by atoms with Crippen molar-refractivity contribution in [2.45, 2.75) is 77.0 Å². The van der Waals surface area contributed by atoms with E-state index in [1.807, 2.05) is 4.90 Å². The molecule has 0 fully saturated rings. The second-order valence-corrected chi connectivity index (χ2v) is 9.38. The summed E-state index contributed by atoms with van der Waals surface area (Å²) in [6, 6.07) is -0.00926. The number of nitrogens with zero attached hydrogens (tertiary/aromatic N) is 2. The smallest absolute Gasteiger partial charge is 0.317 e. The predicted molar refractivity (Wildman–Crippen MR) is 150 cm³/mol. The molecule has 2 amide bonds. The molecule has 36 heavy (non-hydrogen) atoms. The highest BCUT2D eigenvalue weighted by atomic mass is 16.5. The van der Waals surface area contributed by atoms with Gasteiger partial charge in [-0.05, 0) is 84.1 Å². The molecule has 0 aromatic rings. The Kier molecular flexibility index (Phi) is 27.7. The molecule has 0 rings (SSSR count). The van der Waals surface area contributed by atoms with Crippen LogP contribution in [0.2, 0.25) is 0 Å². The standard InChI is InChI=1S/C25H59N9O2/c26-13-5-1-4-8-21-33(22-12-20-32-36)25(35)30-18-11-17-29-16-6-2-3-7-19-31-34(23-9-14-27)24-10-15-28/h29,31-32,36H,1-24,26-28H2,(H,30,35). The summed E-state index contributed by atoms with van der Waals surface area (Å²) < 4.78 is 0. The molecule has 0 heterocycles. The van der Waals surface area contributed by atoms with Gasteiger partial charge in [0.25, 0.3) is 0 Å². The first-order valence-corrected chi connectivity index (χ1v) is 14.4. The summed E-state index contributed by atoms with van der Waals surface area (Å²) in [7, 11) is 0. The molecule has 0 aliphatic carbocycles. The van der Waals surface area contributed by atoms with Crippen LogP contribution in [0.3, 0.4) is 0 Å². The number of hydroxylamine groups is 1. The Morgan fingerprint density at radius 3 is 1.83 bits per heavy atom. The average Bonchev–Trinajstić information content (AvgIpc) is 2.89. The Bertz CT molecular complexity index is 453. The number of carbonyl (C=O) groups excluding carboxylic acids is 1. The Morgan fingerprint density at radius 1 is 0.583 bits per heavy atom. The van der Waals surface area contributed by atoms with Gasteiger partial charge in [0.05, 0.1) is 0 Å². The van der Waals surface area contributed by atoms with E-state index < -0.39 is 0 Å². The fraction of sp³-hybridized carbons (Fsp3) is 0.960. The average molecular weight is 518 g/mol. The molecule has 0 bridgehead atoms. The lowest BCUT2D eigenvalue weighted by atomic mass is 10.2. The number of nitrogens with one attached hydrogen (secondary N) is 4. The van der Waals surface area contributed by atoms with Crippen LogP contribution in [-0.4, -0.2) is 99.7 Å². The molecule has 0 aliphatic rings. The van der Waals surface area contributed by atoms with Gasteiger partial charge in [-0.3, -0.25) is 5.43 Å². The molecule has 0 atom stereocenters. The number of hydrazine groups is 1. The van der Waals surface area contributed by atoms with E-state index in [-0.39, 0.29) is 6.03 Å². The van der Waals surface area contributed by atoms with Gasteiger partial charge in [-0.15, -0.1) is 0 Å². The molecule has 216 valence electrons. The van der Waals surface area contributed by atoms with Gasteiger partial charge in [-0.1, -0.05) is 25.7 Å². The minimum absolute atomic E-state index is 0.00926. The van der Waals surface area contributed by atoms with E-state index in [1.54, 1.807) is 0 Å². The van der Waals surface area contributed by atoms with E-state index in [0.29, 0.717) is 19.6 Å². The molecule has 0 aliphatic heterocycles. The minimum Gasteiger partial charge on any atom is -0.338 e. The molecule has 11 nitrogen and oxygen atoms in total. The summed E-state index contributed by atoms with van der Waals surface area (Å²) in [4.78, 5) is 14.4. The van der Waals surface area contributed by atoms with Crippen molar-refractivity contribution in [3.63, 3.8) is 0 Å². The van der Waals surface area contributed by atoms with Gasteiger partial charge in [0, 0.05) is 45.8 Å². The monoisotopic (exact) mass is 517 g/mol. The first-order valence-electron chi connectivity index (χ1n) is 14.4.